The van der Waals surface area contributed by atoms with Crippen molar-refractivity contribution in [3.05, 3.63) is 47.3 Å². The van der Waals surface area contributed by atoms with Crippen LogP contribution in [0, 0.1) is 19.8 Å². The third-order valence-electron chi connectivity index (χ3n) is 3.37. The van der Waals surface area contributed by atoms with E-state index in [9.17, 15) is 4.79 Å². The molecule has 18 heavy (non-hydrogen) atoms. The lowest BCUT2D eigenvalue weighted by atomic mass is 10.00. The Hall–Kier alpha value is -1.48. The molecule has 1 heterocycles. The van der Waals surface area contributed by atoms with Gasteiger partial charge in [0, 0.05) is 23.9 Å². The zero-order valence-electron chi connectivity index (χ0n) is 10.4. The van der Waals surface area contributed by atoms with Crippen LogP contribution < -0.4 is 0 Å². The summed E-state index contributed by atoms with van der Waals surface area (Å²) in [6.07, 6.45) is 7.94. The number of aromatic nitrogens is 1. The minimum Gasteiger partial charge on any atom is -0.478 e. The van der Waals surface area contributed by atoms with Crippen LogP contribution in [-0.2, 0) is 6.54 Å². The normalized spacial score (nSPS) is 22.4. The molecule has 0 saturated heterocycles. The van der Waals surface area contributed by atoms with Gasteiger partial charge >= 0.3 is 5.97 Å². The van der Waals surface area contributed by atoms with E-state index < -0.39 is 5.97 Å². The number of alkyl halides is 1. The Labute approximate surface area is 111 Å². The molecule has 0 fully saturated rings. The summed E-state index contributed by atoms with van der Waals surface area (Å²) in [5.74, 6) is -0.682. The summed E-state index contributed by atoms with van der Waals surface area (Å²) in [5, 5.41) is 9.06. The molecular formula is C14H16ClNO2. The molecule has 1 aromatic heterocycles. The predicted octanol–water partition coefficient (Wildman–Crippen LogP) is 3.15. The van der Waals surface area contributed by atoms with Crippen LogP contribution in [0.3, 0.4) is 0 Å². The highest BCUT2D eigenvalue weighted by atomic mass is 35.5. The van der Waals surface area contributed by atoms with Gasteiger partial charge in [-0.25, -0.2) is 4.79 Å². The summed E-state index contributed by atoms with van der Waals surface area (Å²) in [6, 6.07) is 1.71. The number of aryl methyl sites for hydroxylation is 1. The number of nitrogens with zero attached hydrogens (tertiary/aromatic N) is 1. The van der Waals surface area contributed by atoms with Gasteiger partial charge in [0.2, 0.25) is 0 Å². The highest BCUT2D eigenvalue weighted by Gasteiger charge is 2.20. The average molecular weight is 266 g/mol. The van der Waals surface area contributed by atoms with Gasteiger partial charge in [0.15, 0.2) is 0 Å². The van der Waals surface area contributed by atoms with E-state index in [1.807, 2.05) is 36.6 Å². The second-order valence-corrected chi connectivity index (χ2v) is 5.08. The summed E-state index contributed by atoms with van der Waals surface area (Å²) in [6.45, 7) is 4.47. The standard InChI is InChI=1S/C14H16ClNO2/c1-9-7-12(14(17)18)10(2)16(9)8-11-5-3-4-6-13(11)15/h3-7,11,13H,8H2,1-2H3,(H,17,18). The van der Waals surface area contributed by atoms with Crippen molar-refractivity contribution in [2.45, 2.75) is 25.8 Å². The third kappa shape index (κ3) is 2.36. The number of rotatable bonds is 3. The number of carboxylic acids is 1. The van der Waals surface area contributed by atoms with E-state index in [-0.39, 0.29) is 11.3 Å². The van der Waals surface area contributed by atoms with Crippen LogP contribution in [0.2, 0.25) is 0 Å². The largest absolute Gasteiger partial charge is 0.478 e. The topological polar surface area (TPSA) is 42.2 Å². The second-order valence-electron chi connectivity index (χ2n) is 4.58. The fourth-order valence-corrected chi connectivity index (χ4v) is 2.54. The summed E-state index contributed by atoms with van der Waals surface area (Å²) in [5.41, 5.74) is 2.11. The number of aromatic carboxylic acids is 1. The molecule has 96 valence electrons. The lowest BCUT2D eigenvalue weighted by Gasteiger charge is -2.21. The second kappa shape index (κ2) is 5.02. The smallest absolute Gasteiger partial charge is 0.337 e. The van der Waals surface area contributed by atoms with Crippen molar-refractivity contribution < 1.29 is 9.90 Å². The molecule has 0 spiro atoms. The van der Waals surface area contributed by atoms with Gasteiger partial charge in [-0.15, -0.1) is 11.6 Å². The van der Waals surface area contributed by atoms with E-state index >= 15 is 0 Å². The van der Waals surface area contributed by atoms with E-state index in [0.717, 1.165) is 11.4 Å². The van der Waals surface area contributed by atoms with Crippen LogP contribution in [0.4, 0.5) is 0 Å². The monoisotopic (exact) mass is 265 g/mol. The van der Waals surface area contributed by atoms with Gasteiger partial charge in [-0.3, -0.25) is 0 Å². The molecule has 0 saturated carbocycles. The zero-order chi connectivity index (χ0) is 13.3. The molecule has 2 unspecified atom stereocenters. The van der Waals surface area contributed by atoms with Crippen LogP contribution in [0.5, 0.6) is 0 Å². The van der Waals surface area contributed by atoms with Crippen molar-refractivity contribution in [1.82, 2.24) is 4.57 Å². The molecular weight excluding hydrogens is 250 g/mol. The molecule has 4 heteroatoms. The van der Waals surface area contributed by atoms with E-state index in [1.54, 1.807) is 6.07 Å². The minimum absolute atomic E-state index is 0.0375. The first-order chi connectivity index (χ1) is 8.50. The van der Waals surface area contributed by atoms with Crippen molar-refractivity contribution in [2.24, 2.45) is 5.92 Å². The van der Waals surface area contributed by atoms with E-state index in [1.165, 1.54) is 0 Å². The predicted molar refractivity (Wildman–Crippen MR) is 72.3 cm³/mol. The Kier molecular flexibility index (Phi) is 3.62. The van der Waals surface area contributed by atoms with Crippen LogP contribution in [0.1, 0.15) is 21.7 Å². The van der Waals surface area contributed by atoms with Gasteiger partial charge in [0.1, 0.15) is 0 Å². The lowest BCUT2D eigenvalue weighted by molar-refractivity contribution is 0.0696. The highest BCUT2D eigenvalue weighted by Crippen LogP contribution is 2.23. The van der Waals surface area contributed by atoms with Crippen molar-refractivity contribution in [2.75, 3.05) is 0 Å². The minimum atomic E-state index is -0.879. The molecule has 0 aromatic carbocycles. The lowest BCUT2D eigenvalue weighted by Crippen LogP contribution is -2.20. The van der Waals surface area contributed by atoms with Crippen molar-refractivity contribution in [3.63, 3.8) is 0 Å². The van der Waals surface area contributed by atoms with Crippen LogP contribution in [0.25, 0.3) is 0 Å². The Morgan fingerprint density at radius 3 is 2.61 bits per heavy atom. The molecule has 0 amide bonds. The number of hydrogen-bond acceptors (Lipinski definition) is 1. The van der Waals surface area contributed by atoms with Crippen molar-refractivity contribution in [1.29, 1.82) is 0 Å². The summed E-state index contributed by atoms with van der Waals surface area (Å²) >= 11 is 6.24. The maximum absolute atomic E-state index is 11.1. The van der Waals surface area contributed by atoms with Crippen LogP contribution in [-0.4, -0.2) is 21.0 Å². The molecule has 2 atom stereocenters. The maximum atomic E-state index is 11.1. The fourth-order valence-electron chi connectivity index (χ4n) is 2.30. The van der Waals surface area contributed by atoms with Crippen LogP contribution in [0.15, 0.2) is 30.4 Å². The number of halogens is 1. The zero-order valence-corrected chi connectivity index (χ0v) is 11.2. The first-order valence-electron chi connectivity index (χ1n) is 5.89. The van der Waals surface area contributed by atoms with Gasteiger partial charge in [-0.2, -0.15) is 0 Å². The first kappa shape index (κ1) is 13.0. The molecule has 3 nitrogen and oxygen atoms in total. The molecule has 0 bridgehead atoms. The maximum Gasteiger partial charge on any atom is 0.337 e. The van der Waals surface area contributed by atoms with Crippen LogP contribution >= 0.6 is 11.6 Å². The summed E-state index contributed by atoms with van der Waals surface area (Å²) in [4.78, 5) is 11.1. The molecule has 2 rings (SSSR count). The quantitative estimate of drug-likeness (QED) is 0.853. The Morgan fingerprint density at radius 2 is 2.06 bits per heavy atom. The molecule has 1 aliphatic carbocycles. The molecule has 1 aromatic rings. The first-order valence-corrected chi connectivity index (χ1v) is 6.33. The fraction of sp³-hybridized carbons (Fsp3) is 0.357. The van der Waals surface area contributed by atoms with E-state index in [0.29, 0.717) is 12.1 Å². The number of allylic oxidation sites excluding steroid dienone is 4. The van der Waals surface area contributed by atoms with Gasteiger partial charge < -0.3 is 9.67 Å². The van der Waals surface area contributed by atoms with Gasteiger partial charge in [-0.1, -0.05) is 24.3 Å². The number of carboxylic acid groups (broad SMARTS) is 1. The summed E-state index contributed by atoms with van der Waals surface area (Å²) in [7, 11) is 0. The van der Waals surface area contributed by atoms with Gasteiger partial charge in [-0.05, 0) is 19.9 Å². The van der Waals surface area contributed by atoms with E-state index in [4.69, 9.17) is 16.7 Å². The molecule has 1 N–H and O–H groups in total. The van der Waals surface area contributed by atoms with Crippen molar-refractivity contribution >= 4 is 17.6 Å². The van der Waals surface area contributed by atoms with Crippen molar-refractivity contribution in [3.8, 4) is 0 Å². The van der Waals surface area contributed by atoms with Gasteiger partial charge in [0.05, 0.1) is 10.9 Å². The van der Waals surface area contributed by atoms with E-state index in [2.05, 4.69) is 6.08 Å². The highest BCUT2D eigenvalue weighted by molar-refractivity contribution is 6.22. The Bertz CT molecular complexity index is 528. The average Bonchev–Trinajstić information content (AvgIpc) is 2.60. The SMILES string of the molecule is Cc1cc(C(=O)O)c(C)n1CC1C=CC=CC1Cl. The number of hydrogen-bond donors (Lipinski definition) is 1. The Balaban J connectivity index is 2.27. The molecule has 1 aliphatic rings. The molecule has 0 radical (unpaired) electrons. The third-order valence-corrected chi connectivity index (χ3v) is 3.84. The van der Waals surface area contributed by atoms with Gasteiger partial charge in [0.25, 0.3) is 0 Å². The Morgan fingerprint density at radius 1 is 1.39 bits per heavy atom. The number of carbonyl (C=O) groups is 1. The summed E-state index contributed by atoms with van der Waals surface area (Å²) < 4.78 is 2.02. The molecule has 0 aliphatic heterocycles.